The van der Waals surface area contributed by atoms with Crippen LogP contribution in [0.15, 0.2) is 30.3 Å². The van der Waals surface area contributed by atoms with Crippen LogP contribution in [0.1, 0.15) is 18.4 Å². The largest absolute Gasteiger partial charge is 0.385 e. The summed E-state index contributed by atoms with van der Waals surface area (Å²) in [4.78, 5) is 14.2. The van der Waals surface area contributed by atoms with Crippen LogP contribution in [-0.4, -0.2) is 51.7 Å². The van der Waals surface area contributed by atoms with Crippen molar-refractivity contribution in [2.75, 3.05) is 40.9 Å². The van der Waals surface area contributed by atoms with Gasteiger partial charge in [-0.2, -0.15) is 0 Å². The van der Waals surface area contributed by atoms with E-state index < -0.39 is 5.54 Å². The van der Waals surface area contributed by atoms with Gasteiger partial charge in [-0.25, -0.2) is 0 Å². The van der Waals surface area contributed by atoms with Crippen LogP contribution in [-0.2, 0) is 15.1 Å². The van der Waals surface area contributed by atoms with E-state index in [1.807, 2.05) is 37.4 Å². The van der Waals surface area contributed by atoms with Gasteiger partial charge >= 0.3 is 0 Å². The maximum absolute atomic E-state index is 12.0. The van der Waals surface area contributed by atoms with Gasteiger partial charge < -0.3 is 20.7 Å². The van der Waals surface area contributed by atoms with Gasteiger partial charge in [-0.3, -0.25) is 4.79 Å². The number of ether oxygens (including phenoxy) is 1. The van der Waals surface area contributed by atoms with Crippen molar-refractivity contribution in [2.45, 2.75) is 18.4 Å². The highest BCUT2D eigenvalue weighted by Gasteiger charge is 2.36. The van der Waals surface area contributed by atoms with Crippen molar-refractivity contribution in [2.24, 2.45) is 5.73 Å². The lowest BCUT2D eigenvalue weighted by Gasteiger charge is -2.32. The molecule has 0 saturated carbocycles. The van der Waals surface area contributed by atoms with E-state index in [2.05, 4.69) is 10.2 Å². The van der Waals surface area contributed by atoms with Crippen LogP contribution in [0.25, 0.3) is 0 Å². The number of methoxy groups -OCH3 is 1. The number of benzene rings is 1. The Bertz CT molecular complexity index is 425. The zero-order valence-electron chi connectivity index (χ0n) is 13.3. The molecule has 1 atom stereocenters. The zero-order chi connectivity index (χ0) is 15.7. The first kappa shape index (κ1) is 17.6. The van der Waals surface area contributed by atoms with Crippen molar-refractivity contribution in [3.8, 4) is 0 Å². The van der Waals surface area contributed by atoms with E-state index in [4.69, 9.17) is 10.5 Å². The molecule has 0 aliphatic heterocycles. The summed E-state index contributed by atoms with van der Waals surface area (Å²) in [5.41, 5.74) is 5.77. The molecule has 1 rings (SSSR count). The lowest BCUT2D eigenvalue weighted by molar-refractivity contribution is -0.125. The molecule has 1 unspecified atom stereocenters. The molecule has 0 aliphatic rings. The van der Waals surface area contributed by atoms with Crippen molar-refractivity contribution >= 4 is 5.91 Å². The third-order valence-electron chi connectivity index (χ3n) is 3.87. The predicted molar refractivity (Wildman–Crippen MR) is 85.0 cm³/mol. The molecular weight excluding hydrogens is 266 g/mol. The SMILES string of the molecule is CNC(CCN(C)CCCOC)(C(N)=O)c1ccccc1. The summed E-state index contributed by atoms with van der Waals surface area (Å²) < 4.78 is 5.05. The van der Waals surface area contributed by atoms with Gasteiger partial charge in [-0.05, 0) is 32.5 Å². The number of amides is 1. The second kappa shape index (κ2) is 8.77. The second-order valence-electron chi connectivity index (χ2n) is 5.29. The van der Waals surface area contributed by atoms with Crippen LogP contribution in [0.4, 0.5) is 0 Å². The maximum atomic E-state index is 12.0. The van der Waals surface area contributed by atoms with E-state index in [0.717, 1.165) is 31.7 Å². The summed E-state index contributed by atoms with van der Waals surface area (Å²) in [6.07, 6.45) is 1.60. The Kier molecular flexibility index (Phi) is 7.36. The third-order valence-corrected chi connectivity index (χ3v) is 3.87. The zero-order valence-corrected chi connectivity index (χ0v) is 13.3. The van der Waals surface area contributed by atoms with Crippen molar-refractivity contribution < 1.29 is 9.53 Å². The molecule has 0 bridgehead atoms. The molecule has 0 spiro atoms. The summed E-state index contributed by atoms with van der Waals surface area (Å²) >= 11 is 0. The molecule has 118 valence electrons. The highest BCUT2D eigenvalue weighted by Crippen LogP contribution is 2.24. The molecular formula is C16H27N3O2. The minimum atomic E-state index is -0.823. The van der Waals surface area contributed by atoms with Crippen LogP contribution in [0, 0.1) is 0 Å². The number of likely N-dealkylation sites (N-methyl/N-ethyl adjacent to an activating group) is 1. The van der Waals surface area contributed by atoms with E-state index in [1.165, 1.54) is 0 Å². The first-order valence-electron chi connectivity index (χ1n) is 7.28. The molecule has 5 nitrogen and oxygen atoms in total. The molecule has 1 amide bonds. The van der Waals surface area contributed by atoms with Gasteiger partial charge in [-0.15, -0.1) is 0 Å². The van der Waals surface area contributed by atoms with E-state index in [-0.39, 0.29) is 5.91 Å². The molecule has 21 heavy (non-hydrogen) atoms. The van der Waals surface area contributed by atoms with E-state index >= 15 is 0 Å². The second-order valence-corrected chi connectivity index (χ2v) is 5.29. The van der Waals surface area contributed by atoms with Gasteiger partial charge in [0.1, 0.15) is 5.54 Å². The Balaban J connectivity index is 2.74. The predicted octanol–water partition coefficient (Wildman–Crippen LogP) is 0.945. The van der Waals surface area contributed by atoms with Gasteiger partial charge in [0.2, 0.25) is 5.91 Å². The Morgan fingerprint density at radius 1 is 1.33 bits per heavy atom. The first-order valence-corrected chi connectivity index (χ1v) is 7.28. The van der Waals surface area contributed by atoms with Crippen LogP contribution >= 0.6 is 0 Å². The minimum Gasteiger partial charge on any atom is -0.385 e. The van der Waals surface area contributed by atoms with Crippen LogP contribution < -0.4 is 11.1 Å². The number of nitrogens with one attached hydrogen (secondary N) is 1. The smallest absolute Gasteiger partial charge is 0.242 e. The lowest BCUT2D eigenvalue weighted by atomic mass is 9.85. The van der Waals surface area contributed by atoms with Crippen molar-refractivity contribution in [1.29, 1.82) is 0 Å². The normalized spacial score (nSPS) is 14.1. The number of carbonyl (C=O) groups excluding carboxylic acids is 1. The Labute approximate surface area is 127 Å². The topological polar surface area (TPSA) is 67.6 Å². The fraction of sp³-hybridized carbons (Fsp3) is 0.562. The molecule has 0 aromatic heterocycles. The van der Waals surface area contributed by atoms with Gasteiger partial charge in [0, 0.05) is 26.8 Å². The summed E-state index contributed by atoms with van der Waals surface area (Å²) in [6.45, 7) is 2.46. The van der Waals surface area contributed by atoms with Crippen LogP contribution in [0.3, 0.4) is 0 Å². The maximum Gasteiger partial charge on any atom is 0.242 e. The number of primary amides is 1. The first-order chi connectivity index (χ1) is 10.1. The number of rotatable bonds is 10. The quantitative estimate of drug-likeness (QED) is 0.630. The molecule has 0 heterocycles. The number of nitrogens with zero attached hydrogens (tertiary/aromatic N) is 1. The Morgan fingerprint density at radius 3 is 2.52 bits per heavy atom. The lowest BCUT2D eigenvalue weighted by Crippen LogP contribution is -2.52. The van der Waals surface area contributed by atoms with E-state index in [0.29, 0.717) is 6.42 Å². The van der Waals surface area contributed by atoms with Gasteiger partial charge in [0.25, 0.3) is 0 Å². The van der Waals surface area contributed by atoms with Crippen molar-refractivity contribution in [3.63, 3.8) is 0 Å². The number of nitrogens with two attached hydrogens (primary N) is 1. The molecule has 0 saturated heterocycles. The fourth-order valence-electron chi connectivity index (χ4n) is 2.47. The van der Waals surface area contributed by atoms with Crippen LogP contribution in [0.2, 0.25) is 0 Å². The molecule has 0 aliphatic carbocycles. The number of hydrogen-bond donors (Lipinski definition) is 2. The summed E-state index contributed by atoms with van der Waals surface area (Å²) in [5, 5.41) is 3.13. The van der Waals surface area contributed by atoms with E-state index in [9.17, 15) is 4.79 Å². The molecule has 5 heteroatoms. The summed E-state index contributed by atoms with van der Waals surface area (Å²) in [6, 6.07) is 9.65. The van der Waals surface area contributed by atoms with Crippen LogP contribution in [0.5, 0.6) is 0 Å². The van der Waals surface area contributed by atoms with Crippen molar-refractivity contribution in [1.82, 2.24) is 10.2 Å². The minimum absolute atomic E-state index is 0.346. The summed E-state index contributed by atoms with van der Waals surface area (Å²) in [5.74, 6) is -0.346. The average Bonchev–Trinajstić information content (AvgIpc) is 2.49. The number of hydrogen-bond acceptors (Lipinski definition) is 4. The van der Waals surface area contributed by atoms with Gasteiger partial charge in [-0.1, -0.05) is 30.3 Å². The van der Waals surface area contributed by atoms with Gasteiger partial charge in [0.05, 0.1) is 0 Å². The average molecular weight is 293 g/mol. The Hall–Kier alpha value is -1.43. The molecule has 1 aromatic carbocycles. The Morgan fingerprint density at radius 2 is 2.00 bits per heavy atom. The standard InChI is InChI=1S/C16H27N3O2/c1-18-16(15(17)20,14-8-5-4-6-9-14)10-12-19(2)11-7-13-21-3/h4-6,8-9,18H,7,10-13H2,1-3H3,(H2,17,20). The van der Waals surface area contributed by atoms with Crippen molar-refractivity contribution in [3.05, 3.63) is 35.9 Å². The highest BCUT2D eigenvalue weighted by molar-refractivity contribution is 5.86. The fourth-order valence-corrected chi connectivity index (χ4v) is 2.47. The molecule has 0 radical (unpaired) electrons. The molecule has 1 aromatic rings. The molecule has 3 N–H and O–H groups in total. The molecule has 0 fully saturated rings. The highest BCUT2D eigenvalue weighted by atomic mass is 16.5. The monoisotopic (exact) mass is 293 g/mol. The van der Waals surface area contributed by atoms with E-state index in [1.54, 1.807) is 14.2 Å². The number of carbonyl (C=O) groups is 1. The summed E-state index contributed by atoms with van der Waals surface area (Å²) in [7, 11) is 5.53. The third kappa shape index (κ3) is 4.81. The van der Waals surface area contributed by atoms with Gasteiger partial charge in [0.15, 0.2) is 0 Å².